The van der Waals surface area contributed by atoms with E-state index < -0.39 is 6.10 Å². The van der Waals surface area contributed by atoms with E-state index >= 15 is 0 Å². The lowest BCUT2D eigenvalue weighted by Crippen LogP contribution is -2.66. The third-order valence-electron chi connectivity index (χ3n) is 12.3. The molecule has 6 saturated heterocycles. The van der Waals surface area contributed by atoms with E-state index in [1.165, 1.54) is 32.1 Å². The number of aliphatic hydroxyl groups is 1. The summed E-state index contributed by atoms with van der Waals surface area (Å²) in [5.41, 5.74) is 0. The van der Waals surface area contributed by atoms with Crippen molar-refractivity contribution in [2.24, 2.45) is 17.8 Å². The monoisotopic (exact) mass is 647 g/mol. The molecule has 12 heteroatoms. The van der Waals surface area contributed by atoms with Crippen LogP contribution in [0, 0.1) is 17.8 Å². The van der Waals surface area contributed by atoms with Crippen LogP contribution in [0.2, 0.25) is 0 Å². The van der Waals surface area contributed by atoms with Crippen molar-refractivity contribution in [1.82, 2.24) is 36.4 Å². The summed E-state index contributed by atoms with van der Waals surface area (Å²) in [6.45, 7) is 10.1. The minimum atomic E-state index is -0.558. The summed E-state index contributed by atoms with van der Waals surface area (Å²) in [6, 6.07) is 1.67. The van der Waals surface area contributed by atoms with Gasteiger partial charge in [0.15, 0.2) is 0 Å². The highest BCUT2D eigenvalue weighted by molar-refractivity contribution is 5.78. The Hall–Kier alpha value is -0.930. The van der Waals surface area contributed by atoms with E-state index in [1.807, 2.05) is 0 Å². The Kier molecular flexibility index (Phi) is 11.5. The van der Waals surface area contributed by atoms with Crippen LogP contribution in [-0.2, 0) is 19.0 Å². The van der Waals surface area contributed by atoms with Crippen LogP contribution >= 0.6 is 0 Å². The Labute approximate surface area is 275 Å². The van der Waals surface area contributed by atoms with Crippen LogP contribution in [0.1, 0.15) is 71.1 Å². The van der Waals surface area contributed by atoms with Gasteiger partial charge < -0.3 is 34.9 Å². The van der Waals surface area contributed by atoms with Gasteiger partial charge in [0, 0.05) is 56.3 Å². The molecule has 1 aliphatic carbocycles. The first kappa shape index (κ1) is 33.6. The largest absolute Gasteiger partial charge is 0.390 e. The number of carbonyl (C=O) groups is 1. The van der Waals surface area contributed by atoms with Crippen LogP contribution in [0.4, 0.5) is 0 Å². The lowest BCUT2D eigenvalue weighted by Gasteiger charge is -2.47. The molecular formula is C34H61N7O5. The van der Waals surface area contributed by atoms with E-state index in [0.29, 0.717) is 68.5 Å². The topological polar surface area (TPSA) is 132 Å². The van der Waals surface area contributed by atoms with Crippen molar-refractivity contribution < 1.29 is 24.1 Å². The lowest BCUT2D eigenvalue weighted by atomic mass is 9.74. The van der Waals surface area contributed by atoms with Crippen LogP contribution in [0.5, 0.6) is 0 Å². The number of morpholine rings is 1. The molecule has 6 heterocycles. The quantitative estimate of drug-likeness (QED) is 0.183. The molecule has 6 aliphatic heterocycles. The molecule has 1 saturated carbocycles. The predicted molar refractivity (Wildman–Crippen MR) is 175 cm³/mol. The molecular weight excluding hydrogens is 586 g/mol. The standard InChI is InChI=1S/C34H61N7O5/c1-22-31(46-21-37-22)20-45-30-7-4-24-16-40(10-8-23(24)11-30)17-29(42)15-36-34(43)25-12-32(38-26-3-2-9-35-14-26)39-33(13-25)41-27-5-6-28(41)19-44-18-27/h22-33,35,37-39,42H,2-21H2,1H3,(H,36,43)/t22?,23?,24?,25?,26?,27?,28?,29-,30?,31?,32?,33?/m0/s1. The number of rotatable bonds is 11. The molecule has 6 N–H and O–H groups in total. The van der Waals surface area contributed by atoms with E-state index in [9.17, 15) is 9.90 Å². The molecule has 0 aromatic carbocycles. The molecule has 7 fully saturated rings. The van der Waals surface area contributed by atoms with Crippen LogP contribution in [0.15, 0.2) is 0 Å². The normalized spacial score (nSPS) is 42.9. The van der Waals surface area contributed by atoms with Crippen LogP contribution in [-0.4, -0.2) is 141 Å². The number of hydrogen-bond acceptors (Lipinski definition) is 11. The maximum absolute atomic E-state index is 13.6. The SMILES string of the molecule is CC1NCOC1COC1CCC2CN(C[C@@H](O)CNC(=O)C3CC(NC4CCCNC4)NC(N4C5CCC4COC5)C3)CCC2C1. The van der Waals surface area contributed by atoms with Crippen molar-refractivity contribution in [3.05, 3.63) is 0 Å². The number of ether oxygens (including phenoxy) is 3. The number of nitrogens with one attached hydrogen (secondary N) is 5. The first-order valence-corrected chi connectivity index (χ1v) is 18.7. The number of hydrogen-bond donors (Lipinski definition) is 6. The van der Waals surface area contributed by atoms with Crippen molar-refractivity contribution >= 4 is 5.91 Å². The van der Waals surface area contributed by atoms with E-state index in [2.05, 4.69) is 43.3 Å². The third kappa shape index (κ3) is 8.26. The fourth-order valence-electron chi connectivity index (χ4n) is 9.68. The van der Waals surface area contributed by atoms with E-state index in [-0.39, 0.29) is 30.3 Å². The van der Waals surface area contributed by atoms with Gasteiger partial charge in [0.1, 0.15) is 0 Å². The van der Waals surface area contributed by atoms with Crippen molar-refractivity contribution in [2.45, 2.75) is 126 Å². The molecule has 7 aliphatic rings. The Morgan fingerprint density at radius 1 is 1.07 bits per heavy atom. The van der Waals surface area contributed by atoms with Gasteiger partial charge in [-0.15, -0.1) is 0 Å². The molecule has 46 heavy (non-hydrogen) atoms. The summed E-state index contributed by atoms with van der Waals surface area (Å²) in [6.07, 6.45) is 11.1. The molecule has 2 bridgehead atoms. The zero-order valence-corrected chi connectivity index (χ0v) is 28.0. The maximum atomic E-state index is 13.6. The van der Waals surface area contributed by atoms with Crippen molar-refractivity contribution in [3.8, 4) is 0 Å². The Morgan fingerprint density at radius 3 is 2.72 bits per heavy atom. The summed E-state index contributed by atoms with van der Waals surface area (Å²) in [5, 5.41) is 28.8. The third-order valence-corrected chi connectivity index (χ3v) is 12.3. The van der Waals surface area contributed by atoms with E-state index in [0.717, 1.165) is 71.5 Å². The summed E-state index contributed by atoms with van der Waals surface area (Å²) in [7, 11) is 0. The van der Waals surface area contributed by atoms with Gasteiger partial charge in [-0.2, -0.15) is 0 Å². The molecule has 0 spiro atoms. The number of piperidine rings is 3. The maximum Gasteiger partial charge on any atom is 0.223 e. The fourth-order valence-corrected chi connectivity index (χ4v) is 9.68. The minimum Gasteiger partial charge on any atom is -0.390 e. The molecule has 0 aromatic rings. The summed E-state index contributed by atoms with van der Waals surface area (Å²) in [4.78, 5) is 18.7. The first-order chi connectivity index (χ1) is 22.5. The average Bonchev–Trinajstić information content (AvgIpc) is 3.60. The fraction of sp³-hybridized carbons (Fsp3) is 0.971. The number of nitrogens with zero attached hydrogens (tertiary/aromatic N) is 2. The number of fused-ring (bicyclic) bond motifs is 3. The van der Waals surface area contributed by atoms with E-state index in [4.69, 9.17) is 14.2 Å². The molecule has 7 rings (SSSR count). The molecule has 12 atom stereocenters. The number of β-amino-alcohol motifs (C(OH)–C–C–N with tert-alkyl or cyclic N) is 1. The Bertz CT molecular complexity index is 974. The zero-order chi connectivity index (χ0) is 31.5. The highest BCUT2D eigenvalue weighted by Gasteiger charge is 2.45. The van der Waals surface area contributed by atoms with Crippen LogP contribution in [0.3, 0.4) is 0 Å². The van der Waals surface area contributed by atoms with Crippen molar-refractivity contribution in [2.75, 3.05) is 65.8 Å². The van der Waals surface area contributed by atoms with Gasteiger partial charge in [0.2, 0.25) is 5.91 Å². The van der Waals surface area contributed by atoms with Crippen LogP contribution < -0.4 is 26.6 Å². The summed E-state index contributed by atoms with van der Waals surface area (Å²) < 4.78 is 17.9. The second-order valence-corrected chi connectivity index (χ2v) is 15.6. The Morgan fingerprint density at radius 2 is 1.93 bits per heavy atom. The highest BCUT2D eigenvalue weighted by Crippen LogP contribution is 2.38. The number of amides is 1. The van der Waals surface area contributed by atoms with E-state index in [1.54, 1.807) is 0 Å². The Balaban J connectivity index is 0.861. The summed E-state index contributed by atoms with van der Waals surface area (Å²) in [5.74, 6) is 1.38. The zero-order valence-electron chi connectivity index (χ0n) is 28.0. The van der Waals surface area contributed by atoms with Crippen LogP contribution in [0.25, 0.3) is 0 Å². The van der Waals surface area contributed by atoms with Gasteiger partial charge in [-0.1, -0.05) is 0 Å². The predicted octanol–water partition coefficient (Wildman–Crippen LogP) is 0.162. The van der Waals surface area contributed by atoms with Crippen molar-refractivity contribution in [1.29, 1.82) is 0 Å². The van der Waals surface area contributed by atoms with Crippen molar-refractivity contribution in [3.63, 3.8) is 0 Å². The van der Waals surface area contributed by atoms with Gasteiger partial charge in [0.25, 0.3) is 0 Å². The molecule has 12 nitrogen and oxygen atoms in total. The molecule has 11 unspecified atom stereocenters. The smallest absolute Gasteiger partial charge is 0.223 e. The summed E-state index contributed by atoms with van der Waals surface area (Å²) >= 11 is 0. The first-order valence-electron chi connectivity index (χ1n) is 18.7. The van der Waals surface area contributed by atoms with Gasteiger partial charge in [0.05, 0.1) is 57.2 Å². The van der Waals surface area contributed by atoms with Gasteiger partial charge in [-0.05, 0) is 96.1 Å². The van der Waals surface area contributed by atoms with Gasteiger partial charge in [-0.25, -0.2) is 0 Å². The molecule has 262 valence electrons. The highest BCUT2D eigenvalue weighted by atomic mass is 16.5. The molecule has 0 aromatic heterocycles. The second-order valence-electron chi connectivity index (χ2n) is 15.6. The minimum absolute atomic E-state index is 0.0809. The number of aliphatic hydroxyl groups excluding tert-OH is 1. The number of likely N-dealkylation sites (tertiary alicyclic amines) is 1. The van der Waals surface area contributed by atoms with Gasteiger partial charge >= 0.3 is 0 Å². The molecule has 0 radical (unpaired) electrons. The van der Waals surface area contributed by atoms with Gasteiger partial charge in [-0.3, -0.25) is 25.6 Å². The average molecular weight is 648 g/mol. The number of carbonyl (C=O) groups excluding carboxylic acids is 1. The molecule has 1 amide bonds. The lowest BCUT2D eigenvalue weighted by molar-refractivity contribution is -0.129. The second kappa shape index (κ2) is 15.7.